The van der Waals surface area contributed by atoms with E-state index in [9.17, 15) is 0 Å². The van der Waals surface area contributed by atoms with Crippen LogP contribution in [-0.2, 0) is 6.42 Å². The topological polar surface area (TPSA) is 42.2 Å². The predicted molar refractivity (Wildman–Crippen MR) is 81.4 cm³/mol. The average molecular weight is 255 g/mol. The molecule has 0 spiro atoms. The van der Waals surface area contributed by atoms with Crippen molar-refractivity contribution in [1.29, 1.82) is 0 Å². The summed E-state index contributed by atoms with van der Waals surface area (Å²) >= 11 is 0. The van der Waals surface area contributed by atoms with Crippen LogP contribution in [0.4, 0.5) is 11.5 Å². The summed E-state index contributed by atoms with van der Waals surface area (Å²) in [5.74, 6) is 0.986. The van der Waals surface area contributed by atoms with Crippen LogP contribution in [0, 0.1) is 6.92 Å². The molecule has 2 N–H and O–H groups in total. The largest absolute Gasteiger partial charge is 0.397 e. The summed E-state index contributed by atoms with van der Waals surface area (Å²) in [6.45, 7) is 2.93. The molecule has 0 saturated heterocycles. The SMILES string of the molecule is Cc1nc(N(C)CCCc2ccccc2)ccc1N. The van der Waals surface area contributed by atoms with Crippen LogP contribution in [0.25, 0.3) is 0 Å². The number of aryl methyl sites for hydroxylation is 2. The van der Waals surface area contributed by atoms with Gasteiger partial charge in [0.05, 0.1) is 11.4 Å². The molecule has 19 heavy (non-hydrogen) atoms. The van der Waals surface area contributed by atoms with E-state index in [1.165, 1.54) is 5.56 Å². The summed E-state index contributed by atoms with van der Waals surface area (Å²) in [7, 11) is 2.07. The van der Waals surface area contributed by atoms with Crippen molar-refractivity contribution in [3.63, 3.8) is 0 Å². The number of pyridine rings is 1. The first-order valence-corrected chi connectivity index (χ1v) is 6.65. The van der Waals surface area contributed by atoms with Crippen molar-refractivity contribution >= 4 is 11.5 Å². The molecule has 0 aliphatic rings. The number of nitrogen functional groups attached to an aromatic ring is 1. The van der Waals surface area contributed by atoms with Gasteiger partial charge in [-0.3, -0.25) is 0 Å². The molecule has 1 aromatic heterocycles. The summed E-state index contributed by atoms with van der Waals surface area (Å²) in [4.78, 5) is 6.68. The molecule has 0 atom stereocenters. The van der Waals surface area contributed by atoms with Gasteiger partial charge in [-0.05, 0) is 37.5 Å². The first-order chi connectivity index (χ1) is 9.16. The third kappa shape index (κ3) is 3.71. The van der Waals surface area contributed by atoms with Crippen molar-refractivity contribution in [1.82, 2.24) is 4.98 Å². The molecule has 0 amide bonds. The number of nitrogens with zero attached hydrogens (tertiary/aromatic N) is 2. The predicted octanol–water partition coefficient (Wildman–Crippen LogP) is 3.04. The Morgan fingerprint density at radius 2 is 1.84 bits per heavy atom. The maximum Gasteiger partial charge on any atom is 0.128 e. The van der Waals surface area contributed by atoms with Gasteiger partial charge in [-0.15, -0.1) is 0 Å². The first kappa shape index (κ1) is 13.4. The normalized spacial score (nSPS) is 10.4. The minimum absolute atomic E-state index is 0.751. The molecule has 1 aromatic carbocycles. The van der Waals surface area contributed by atoms with E-state index in [1.807, 2.05) is 19.1 Å². The van der Waals surface area contributed by atoms with Crippen molar-refractivity contribution in [3.8, 4) is 0 Å². The van der Waals surface area contributed by atoms with Crippen LogP contribution in [0.1, 0.15) is 17.7 Å². The Morgan fingerprint density at radius 3 is 2.53 bits per heavy atom. The van der Waals surface area contributed by atoms with Crippen LogP contribution < -0.4 is 10.6 Å². The minimum atomic E-state index is 0.751. The van der Waals surface area contributed by atoms with Gasteiger partial charge in [-0.1, -0.05) is 30.3 Å². The highest BCUT2D eigenvalue weighted by Gasteiger charge is 2.04. The smallest absolute Gasteiger partial charge is 0.128 e. The Morgan fingerprint density at radius 1 is 1.11 bits per heavy atom. The fourth-order valence-electron chi connectivity index (χ4n) is 2.05. The molecule has 2 aromatic rings. The number of nitrogens with two attached hydrogens (primary N) is 1. The third-order valence-electron chi connectivity index (χ3n) is 3.30. The number of anilines is 2. The van der Waals surface area contributed by atoms with Gasteiger partial charge in [-0.2, -0.15) is 0 Å². The maximum absolute atomic E-state index is 5.78. The van der Waals surface area contributed by atoms with Crippen molar-refractivity contribution in [3.05, 3.63) is 53.7 Å². The molecule has 0 fully saturated rings. The lowest BCUT2D eigenvalue weighted by atomic mass is 10.1. The van der Waals surface area contributed by atoms with E-state index >= 15 is 0 Å². The number of aromatic nitrogens is 1. The van der Waals surface area contributed by atoms with E-state index in [2.05, 4.69) is 47.3 Å². The van der Waals surface area contributed by atoms with E-state index in [-0.39, 0.29) is 0 Å². The minimum Gasteiger partial charge on any atom is -0.397 e. The molecular formula is C16H21N3. The summed E-state index contributed by atoms with van der Waals surface area (Å²) in [5.41, 5.74) is 8.82. The molecule has 0 radical (unpaired) electrons. The van der Waals surface area contributed by atoms with Gasteiger partial charge in [0.2, 0.25) is 0 Å². The van der Waals surface area contributed by atoms with Gasteiger partial charge in [0.15, 0.2) is 0 Å². The zero-order chi connectivity index (χ0) is 13.7. The molecule has 0 unspecified atom stereocenters. The Balaban J connectivity index is 1.87. The Kier molecular flexibility index (Phi) is 4.39. The number of rotatable bonds is 5. The highest BCUT2D eigenvalue weighted by Crippen LogP contribution is 2.15. The van der Waals surface area contributed by atoms with Gasteiger partial charge in [-0.25, -0.2) is 4.98 Å². The van der Waals surface area contributed by atoms with Gasteiger partial charge < -0.3 is 10.6 Å². The summed E-state index contributed by atoms with van der Waals surface area (Å²) < 4.78 is 0. The van der Waals surface area contributed by atoms with Crippen molar-refractivity contribution < 1.29 is 0 Å². The van der Waals surface area contributed by atoms with Gasteiger partial charge in [0.1, 0.15) is 5.82 Å². The van der Waals surface area contributed by atoms with Gasteiger partial charge in [0.25, 0.3) is 0 Å². The molecule has 0 aliphatic heterocycles. The van der Waals surface area contributed by atoms with Crippen molar-refractivity contribution in [2.24, 2.45) is 0 Å². The van der Waals surface area contributed by atoms with Crippen LogP contribution >= 0.6 is 0 Å². The lowest BCUT2D eigenvalue weighted by Gasteiger charge is -2.18. The second-order valence-corrected chi connectivity index (χ2v) is 4.85. The van der Waals surface area contributed by atoms with Crippen LogP contribution in [0.3, 0.4) is 0 Å². The maximum atomic E-state index is 5.78. The highest BCUT2D eigenvalue weighted by molar-refractivity contribution is 5.50. The Hall–Kier alpha value is -2.03. The molecular weight excluding hydrogens is 234 g/mol. The second kappa shape index (κ2) is 6.23. The van der Waals surface area contributed by atoms with E-state index in [0.29, 0.717) is 0 Å². The zero-order valence-corrected chi connectivity index (χ0v) is 11.6. The standard InChI is InChI=1S/C16H21N3/c1-13-15(17)10-11-16(18-13)19(2)12-6-9-14-7-4-3-5-8-14/h3-5,7-8,10-11H,6,9,12,17H2,1-2H3. The van der Waals surface area contributed by atoms with Crippen LogP contribution in [0.15, 0.2) is 42.5 Å². The summed E-state index contributed by atoms with van der Waals surface area (Å²) in [6.07, 6.45) is 2.21. The Labute approximate surface area is 115 Å². The van der Waals surface area contributed by atoms with Crippen molar-refractivity contribution in [2.45, 2.75) is 19.8 Å². The lowest BCUT2D eigenvalue weighted by molar-refractivity contribution is 0.776. The lowest BCUT2D eigenvalue weighted by Crippen LogP contribution is -2.20. The van der Waals surface area contributed by atoms with Crippen LogP contribution in [0.2, 0.25) is 0 Å². The fourth-order valence-corrected chi connectivity index (χ4v) is 2.05. The van der Waals surface area contributed by atoms with Gasteiger partial charge >= 0.3 is 0 Å². The van der Waals surface area contributed by atoms with E-state index in [0.717, 1.165) is 36.6 Å². The highest BCUT2D eigenvalue weighted by atomic mass is 15.2. The molecule has 3 heteroatoms. The average Bonchev–Trinajstić information content (AvgIpc) is 2.43. The summed E-state index contributed by atoms with van der Waals surface area (Å²) in [6, 6.07) is 14.5. The molecule has 0 saturated carbocycles. The fraction of sp³-hybridized carbons (Fsp3) is 0.312. The molecule has 1 heterocycles. The van der Waals surface area contributed by atoms with Crippen molar-refractivity contribution in [2.75, 3.05) is 24.2 Å². The monoisotopic (exact) mass is 255 g/mol. The molecule has 2 rings (SSSR count). The van der Waals surface area contributed by atoms with Crippen LogP contribution in [-0.4, -0.2) is 18.6 Å². The number of benzene rings is 1. The quantitative estimate of drug-likeness (QED) is 0.893. The summed E-state index contributed by atoms with van der Waals surface area (Å²) in [5, 5.41) is 0. The first-order valence-electron chi connectivity index (χ1n) is 6.65. The van der Waals surface area contributed by atoms with Gasteiger partial charge in [0, 0.05) is 13.6 Å². The molecule has 3 nitrogen and oxygen atoms in total. The van der Waals surface area contributed by atoms with E-state index in [1.54, 1.807) is 0 Å². The second-order valence-electron chi connectivity index (χ2n) is 4.85. The molecule has 0 aliphatic carbocycles. The zero-order valence-electron chi connectivity index (χ0n) is 11.6. The van der Waals surface area contributed by atoms with E-state index < -0.39 is 0 Å². The molecule has 100 valence electrons. The Bertz CT molecular complexity index is 523. The van der Waals surface area contributed by atoms with Crippen LogP contribution in [0.5, 0.6) is 0 Å². The molecule has 0 bridgehead atoms. The number of hydrogen-bond donors (Lipinski definition) is 1. The third-order valence-corrected chi connectivity index (χ3v) is 3.30. The number of hydrogen-bond acceptors (Lipinski definition) is 3. The van der Waals surface area contributed by atoms with E-state index in [4.69, 9.17) is 5.73 Å².